The molecule has 2 aromatic carbocycles. The number of hydrogen-bond acceptors (Lipinski definition) is 3. The van der Waals surface area contributed by atoms with Crippen LogP contribution in [0, 0.1) is 20.8 Å². The van der Waals surface area contributed by atoms with Gasteiger partial charge in [-0.15, -0.1) is 0 Å². The molecule has 0 bridgehead atoms. The summed E-state index contributed by atoms with van der Waals surface area (Å²) in [5, 5.41) is 3.36. The number of hydrogen-bond donors (Lipinski definition) is 1. The van der Waals surface area contributed by atoms with Crippen LogP contribution >= 0.6 is 0 Å². The first-order chi connectivity index (χ1) is 12.9. The maximum absolute atomic E-state index is 13.1. The zero-order valence-electron chi connectivity index (χ0n) is 16.3. The van der Waals surface area contributed by atoms with Crippen molar-refractivity contribution in [3.63, 3.8) is 0 Å². The average Bonchev–Trinajstić information content (AvgIpc) is 2.62. The summed E-state index contributed by atoms with van der Waals surface area (Å²) >= 11 is 0. The Labute approximate surface area is 159 Å². The second-order valence-electron chi connectivity index (χ2n) is 7.01. The number of carbonyl (C=O) groups excluding carboxylic acids is 1. The van der Waals surface area contributed by atoms with E-state index in [9.17, 15) is 9.59 Å². The number of fused-ring (bicyclic) bond motifs is 1. The van der Waals surface area contributed by atoms with Crippen molar-refractivity contribution in [3.8, 4) is 0 Å². The third-order valence-electron chi connectivity index (χ3n) is 4.74. The number of anilines is 1. The summed E-state index contributed by atoms with van der Waals surface area (Å²) in [5.41, 5.74) is 4.59. The molecule has 0 fully saturated rings. The van der Waals surface area contributed by atoms with E-state index in [2.05, 4.69) is 28.5 Å². The molecule has 3 rings (SSSR count). The molecule has 1 N–H and O–H groups in total. The van der Waals surface area contributed by atoms with Gasteiger partial charge in [-0.25, -0.2) is 4.98 Å². The van der Waals surface area contributed by atoms with Gasteiger partial charge in [0.25, 0.3) is 5.56 Å². The molecule has 0 saturated carbocycles. The number of aromatic nitrogens is 2. The van der Waals surface area contributed by atoms with Crippen LogP contribution in [0.2, 0.25) is 0 Å². The first kappa shape index (κ1) is 18.8. The highest BCUT2D eigenvalue weighted by Gasteiger charge is 2.11. The zero-order chi connectivity index (χ0) is 19.6. The van der Waals surface area contributed by atoms with E-state index < -0.39 is 0 Å². The molecular weight excluding hydrogens is 338 g/mol. The van der Waals surface area contributed by atoms with Crippen LogP contribution in [0.5, 0.6) is 0 Å². The summed E-state index contributed by atoms with van der Waals surface area (Å²) in [6.45, 7) is 8.38. The molecule has 0 atom stereocenters. The Balaban J connectivity index is 2.04. The van der Waals surface area contributed by atoms with Crippen molar-refractivity contribution >= 4 is 22.5 Å². The van der Waals surface area contributed by atoms with Crippen LogP contribution in [-0.2, 0) is 11.3 Å². The van der Waals surface area contributed by atoms with Crippen molar-refractivity contribution in [3.05, 3.63) is 69.3 Å². The van der Waals surface area contributed by atoms with Gasteiger partial charge in [0.15, 0.2) is 0 Å². The van der Waals surface area contributed by atoms with Gasteiger partial charge >= 0.3 is 0 Å². The molecule has 27 heavy (non-hydrogen) atoms. The molecule has 0 aliphatic rings. The SMILES string of the molecule is CCCC(=O)Nc1ccc2nc(C)n(Cc3cc(C)ccc3C)c(=O)c2c1. The van der Waals surface area contributed by atoms with Gasteiger partial charge in [-0.1, -0.05) is 30.7 Å². The first-order valence-electron chi connectivity index (χ1n) is 9.26. The standard InChI is InChI=1S/C22H25N3O2/c1-5-6-21(26)24-18-9-10-20-19(12-18)22(27)25(16(4)23-20)13-17-11-14(2)7-8-15(17)3/h7-12H,5-6,13H2,1-4H3,(H,24,26). The highest BCUT2D eigenvalue weighted by molar-refractivity contribution is 5.93. The molecule has 0 spiro atoms. The summed E-state index contributed by atoms with van der Waals surface area (Å²) in [7, 11) is 0. The van der Waals surface area contributed by atoms with E-state index in [4.69, 9.17) is 0 Å². The lowest BCUT2D eigenvalue weighted by Gasteiger charge is -2.14. The van der Waals surface area contributed by atoms with Crippen LogP contribution in [0.1, 0.15) is 42.3 Å². The van der Waals surface area contributed by atoms with Gasteiger partial charge in [-0.05, 0) is 56.5 Å². The molecule has 3 aromatic rings. The Kier molecular flexibility index (Phi) is 5.40. The van der Waals surface area contributed by atoms with Crippen molar-refractivity contribution in [2.24, 2.45) is 0 Å². The van der Waals surface area contributed by atoms with E-state index >= 15 is 0 Å². The normalized spacial score (nSPS) is 11.0. The van der Waals surface area contributed by atoms with Crippen molar-refractivity contribution in [1.29, 1.82) is 0 Å². The van der Waals surface area contributed by atoms with E-state index in [-0.39, 0.29) is 11.5 Å². The van der Waals surface area contributed by atoms with Crippen LogP contribution in [0.15, 0.2) is 41.2 Å². The van der Waals surface area contributed by atoms with Crippen LogP contribution < -0.4 is 10.9 Å². The molecule has 0 radical (unpaired) electrons. The quantitative estimate of drug-likeness (QED) is 0.742. The number of nitrogens with zero attached hydrogens (tertiary/aromatic N) is 2. The second kappa shape index (κ2) is 7.74. The van der Waals surface area contributed by atoms with Crippen LogP contribution in [0.4, 0.5) is 5.69 Å². The Bertz CT molecular complexity index is 1070. The van der Waals surface area contributed by atoms with Crippen LogP contribution in [-0.4, -0.2) is 15.5 Å². The highest BCUT2D eigenvalue weighted by Crippen LogP contribution is 2.17. The zero-order valence-corrected chi connectivity index (χ0v) is 16.3. The van der Waals surface area contributed by atoms with Crippen molar-refractivity contribution in [2.45, 2.75) is 47.1 Å². The van der Waals surface area contributed by atoms with Crippen molar-refractivity contribution < 1.29 is 4.79 Å². The Morgan fingerprint density at radius 2 is 1.89 bits per heavy atom. The number of benzene rings is 2. The Hall–Kier alpha value is -2.95. The van der Waals surface area contributed by atoms with E-state index in [0.717, 1.165) is 23.1 Å². The topological polar surface area (TPSA) is 64.0 Å². The maximum atomic E-state index is 13.1. The Morgan fingerprint density at radius 3 is 2.63 bits per heavy atom. The lowest BCUT2D eigenvalue weighted by Crippen LogP contribution is -2.25. The monoisotopic (exact) mass is 363 g/mol. The van der Waals surface area contributed by atoms with Gasteiger partial charge < -0.3 is 5.32 Å². The number of nitrogens with one attached hydrogen (secondary N) is 1. The summed E-state index contributed by atoms with van der Waals surface area (Å²) in [6.07, 6.45) is 1.24. The van der Waals surface area contributed by atoms with Gasteiger partial charge in [0, 0.05) is 12.1 Å². The van der Waals surface area contributed by atoms with Crippen molar-refractivity contribution in [2.75, 3.05) is 5.32 Å². The van der Waals surface area contributed by atoms with E-state index in [1.807, 2.05) is 27.7 Å². The number of rotatable bonds is 5. The molecule has 1 heterocycles. The fourth-order valence-electron chi connectivity index (χ4n) is 3.19. The van der Waals surface area contributed by atoms with Crippen LogP contribution in [0.3, 0.4) is 0 Å². The average molecular weight is 363 g/mol. The van der Waals surface area contributed by atoms with Gasteiger partial charge in [0.2, 0.25) is 5.91 Å². The molecule has 140 valence electrons. The van der Waals surface area contributed by atoms with Gasteiger partial charge in [-0.2, -0.15) is 0 Å². The molecule has 1 aromatic heterocycles. The summed E-state index contributed by atoms with van der Waals surface area (Å²) < 4.78 is 1.70. The first-order valence-corrected chi connectivity index (χ1v) is 9.26. The second-order valence-corrected chi connectivity index (χ2v) is 7.01. The van der Waals surface area contributed by atoms with E-state index in [1.54, 1.807) is 22.8 Å². The van der Waals surface area contributed by atoms with Crippen LogP contribution in [0.25, 0.3) is 10.9 Å². The van der Waals surface area contributed by atoms with Crippen molar-refractivity contribution in [1.82, 2.24) is 9.55 Å². The Morgan fingerprint density at radius 1 is 1.11 bits per heavy atom. The molecule has 0 aliphatic carbocycles. The van der Waals surface area contributed by atoms with E-state index in [1.165, 1.54) is 0 Å². The molecular formula is C22H25N3O2. The van der Waals surface area contributed by atoms with Gasteiger partial charge in [-0.3, -0.25) is 14.2 Å². The third kappa shape index (κ3) is 4.08. The minimum absolute atomic E-state index is 0.0485. The number of aryl methyl sites for hydroxylation is 3. The summed E-state index contributed by atoms with van der Waals surface area (Å²) in [4.78, 5) is 29.6. The number of amides is 1. The minimum Gasteiger partial charge on any atom is -0.326 e. The summed E-state index contributed by atoms with van der Waals surface area (Å²) in [6, 6.07) is 11.5. The largest absolute Gasteiger partial charge is 0.326 e. The fourth-order valence-corrected chi connectivity index (χ4v) is 3.19. The van der Waals surface area contributed by atoms with Gasteiger partial charge in [0.1, 0.15) is 5.82 Å². The highest BCUT2D eigenvalue weighted by atomic mass is 16.1. The van der Waals surface area contributed by atoms with Gasteiger partial charge in [0.05, 0.1) is 17.4 Å². The molecule has 0 unspecified atom stereocenters. The molecule has 0 aliphatic heterocycles. The summed E-state index contributed by atoms with van der Waals surface area (Å²) in [5.74, 6) is 0.629. The third-order valence-corrected chi connectivity index (χ3v) is 4.74. The number of carbonyl (C=O) groups is 1. The lowest BCUT2D eigenvalue weighted by atomic mass is 10.1. The fraction of sp³-hybridized carbons (Fsp3) is 0.318. The molecule has 0 saturated heterocycles. The predicted molar refractivity (Wildman–Crippen MR) is 109 cm³/mol. The van der Waals surface area contributed by atoms with E-state index in [0.29, 0.717) is 35.4 Å². The minimum atomic E-state index is -0.0926. The lowest BCUT2D eigenvalue weighted by molar-refractivity contribution is -0.116. The smallest absolute Gasteiger partial charge is 0.261 e. The molecule has 5 nitrogen and oxygen atoms in total. The maximum Gasteiger partial charge on any atom is 0.261 e. The molecule has 1 amide bonds. The molecule has 5 heteroatoms. The predicted octanol–water partition coefficient (Wildman–Crippen LogP) is 4.11.